The van der Waals surface area contributed by atoms with E-state index in [1.165, 1.54) is 0 Å². The molecule has 1 fully saturated rings. The Bertz CT molecular complexity index is 894. The molecule has 1 atom stereocenters. The summed E-state index contributed by atoms with van der Waals surface area (Å²) in [6, 6.07) is 10.0. The molecule has 0 bridgehead atoms. The van der Waals surface area contributed by atoms with Gasteiger partial charge in [0.1, 0.15) is 24.0 Å². The molecule has 0 unspecified atom stereocenters. The maximum absolute atomic E-state index is 8.87. The summed E-state index contributed by atoms with van der Waals surface area (Å²) >= 11 is 0. The van der Waals surface area contributed by atoms with Gasteiger partial charge in [0.2, 0.25) is 0 Å². The summed E-state index contributed by atoms with van der Waals surface area (Å²) < 4.78 is 1.69. The van der Waals surface area contributed by atoms with Gasteiger partial charge in [-0.1, -0.05) is 0 Å². The van der Waals surface area contributed by atoms with Gasteiger partial charge in [-0.3, -0.25) is 0 Å². The quantitative estimate of drug-likeness (QED) is 0.699. The molecule has 0 amide bonds. The standard InChI is InChI=1S/C16H16N8/c1-12-10-22(14-3-2-13(8-17)9-18-14)6-7-23(12)16-5-4-15-20-19-11-24(15)21-16/h2-5,9,11-12H,6-7,10H2,1H3/t12-/m0/s1. The molecule has 1 aliphatic heterocycles. The van der Waals surface area contributed by atoms with Gasteiger partial charge in [0.25, 0.3) is 0 Å². The molecule has 24 heavy (non-hydrogen) atoms. The van der Waals surface area contributed by atoms with Gasteiger partial charge in [-0.25, -0.2) is 4.98 Å². The van der Waals surface area contributed by atoms with Gasteiger partial charge in [0, 0.05) is 31.9 Å². The van der Waals surface area contributed by atoms with Gasteiger partial charge in [0.15, 0.2) is 5.65 Å². The van der Waals surface area contributed by atoms with Crippen LogP contribution in [0.25, 0.3) is 5.65 Å². The topological polar surface area (TPSA) is 86.2 Å². The Labute approximate surface area is 139 Å². The first kappa shape index (κ1) is 14.4. The number of nitriles is 1. The second kappa shape index (κ2) is 5.77. The Hall–Kier alpha value is -3.21. The minimum atomic E-state index is 0.289. The third-order valence-electron chi connectivity index (χ3n) is 4.27. The first-order valence-corrected chi connectivity index (χ1v) is 7.79. The van der Waals surface area contributed by atoms with E-state index in [-0.39, 0.29) is 6.04 Å². The lowest BCUT2D eigenvalue weighted by Crippen LogP contribution is -2.52. The molecule has 0 spiro atoms. The van der Waals surface area contributed by atoms with Crippen molar-refractivity contribution in [3.63, 3.8) is 0 Å². The van der Waals surface area contributed by atoms with Crippen molar-refractivity contribution in [2.24, 2.45) is 0 Å². The zero-order valence-electron chi connectivity index (χ0n) is 13.2. The van der Waals surface area contributed by atoms with Crippen molar-refractivity contribution in [1.29, 1.82) is 5.26 Å². The normalized spacial score (nSPS) is 17.9. The molecule has 1 saturated heterocycles. The van der Waals surface area contributed by atoms with E-state index in [0.717, 1.165) is 36.9 Å². The Morgan fingerprint density at radius 2 is 2.04 bits per heavy atom. The summed E-state index contributed by atoms with van der Waals surface area (Å²) in [5, 5.41) is 21.3. The van der Waals surface area contributed by atoms with E-state index >= 15 is 0 Å². The van der Waals surface area contributed by atoms with Crippen LogP contribution in [0.1, 0.15) is 12.5 Å². The van der Waals surface area contributed by atoms with Gasteiger partial charge >= 0.3 is 0 Å². The SMILES string of the molecule is C[C@H]1CN(c2ccc(C#N)cn2)CCN1c1ccc2nncn2n1. The monoisotopic (exact) mass is 320 g/mol. The fourth-order valence-electron chi connectivity index (χ4n) is 3.02. The lowest BCUT2D eigenvalue weighted by atomic mass is 10.2. The molecule has 3 aromatic heterocycles. The average molecular weight is 320 g/mol. The van der Waals surface area contributed by atoms with Crippen molar-refractivity contribution in [2.45, 2.75) is 13.0 Å². The summed E-state index contributed by atoms with van der Waals surface area (Å²) in [6.07, 6.45) is 3.23. The molecule has 0 aromatic carbocycles. The van der Waals surface area contributed by atoms with Crippen LogP contribution in [0.4, 0.5) is 11.6 Å². The van der Waals surface area contributed by atoms with Crippen molar-refractivity contribution < 1.29 is 0 Å². The van der Waals surface area contributed by atoms with E-state index in [9.17, 15) is 0 Å². The van der Waals surface area contributed by atoms with E-state index in [4.69, 9.17) is 5.26 Å². The van der Waals surface area contributed by atoms with Crippen molar-refractivity contribution >= 4 is 17.3 Å². The third-order valence-corrected chi connectivity index (χ3v) is 4.27. The maximum Gasteiger partial charge on any atom is 0.177 e. The van der Waals surface area contributed by atoms with Crippen LogP contribution in [-0.2, 0) is 0 Å². The third kappa shape index (κ3) is 2.50. The molecule has 0 aliphatic carbocycles. The fourth-order valence-corrected chi connectivity index (χ4v) is 3.02. The Kier molecular flexibility index (Phi) is 3.46. The smallest absolute Gasteiger partial charge is 0.177 e. The van der Waals surface area contributed by atoms with Gasteiger partial charge in [-0.2, -0.15) is 9.78 Å². The first-order chi connectivity index (χ1) is 11.7. The number of nitrogens with zero attached hydrogens (tertiary/aromatic N) is 8. The summed E-state index contributed by atoms with van der Waals surface area (Å²) in [4.78, 5) is 8.90. The molecular weight excluding hydrogens is 304 g/mol. The van der Waals surface area contributed by atoms with E-state index in [2.05, 4.69) is 43.1 Å². The number of aromatic nitrogens is 5. The van der Waals surface area contributed by atoms with Crippen LogP contribution in [0, 0.1) is 11.3 Å². The molecule has 0 N–H and O–H groups in total. The van der Waals surface area contributed by atoms with Crippen molar-refractivity contribution in [3.05, 3.63) is 42.4 Å². The molecule has 4 heterocycles. The zero-order chi connectivity index (χ0) is 16.5. The van der Waals surface area contributed by atoms with Crippen LogP contribution in [-0.4, -0.2) is 50.5 Å². The molecule has 0 radical (unpaired) electrons. The summed E-state index contributed by atoms with van der Waals surface area (Å²) in [7, 11) is 0. The second-order valence-electron chi connectivity index (χ2n) is 5.83. The van der Waals surface area contributed by atoms with E-state index in [0.29, 0.717) is 5.56 Å². The summed E-state index contributed by atoms with van der Waals surface area (Å²) in [5.41, 5.74) is 1.32. The molecule has 8 nitrogen and oxygen atoms in total. The highest BCUT2D eigenvalue weighted by molar-refractivity contribution is 5.49. The molecule has 1 aliphatic rings. The first-order valence-electron chi connectivity index (χ1n) is 7.79. The number of pyridine rings is 1. The minimum absolute atomic E-state index is 0.289. The Morgan fingerprint density at radius 1 is 1.17 bits per heavy atom. The number of piperazine rings is 1. The van der Waals surface area contributed by atoms with Crippen LogP contribution in [0.15, 0.2) is 36.8 Å². The highest BCUT2D eigenvalue weighted by Crippen LogP contribution is 2.21. The van der Waals surface area contributed by atoms with Gasteiger partial charge in [-0.15, -0.1) is 15.3 Å². The van der Waals surface area contributed by atoms with Gasteiger partial charge < -0.3 is 9.80 Å². The van der Waals surface area contributed by atoms with Gasteiger partial charge in [0.05, 0.1) is 5.56 Å². The van der Waals surface area contributed by atoms with Gasteiger partial charge in [-0.05, 0) is 31.2 Å². The summed E-state index contributed by atoms with van der Waals surface area (Å²) in [6.45, 7) is 4.73. The predicted molar refractivity (Wildman–Crippen MR) is 88.8 cm³/mol. The second-order valence-corrected chi connectivity index (χ2v) is 5.83. The average Bonchev–Trinajstić information content (AvgIpc) is 3.09. The van der Waals surface area contributed by atoms with E-state index in [1.807, 2.05) is 18.2 Å². The fraction of sp³-hybridized carbons (Fsp3) is 0.312. The van der Waals surface area contributed by atoms with Crippen LogP contribution in [0.5, 0.6) is 0 Å². The Morgan fingerprint density at radius 3 is 2.79 bits per heavy atom. The van der Waals surface area contributed by atoms with Crippen LogP contribution in [0.3, 0.4) is 0 Å². The molecule has 4 rings (SSSR count). The number of hydrogen-bond acceptors (Lipinski definition) is 7. The lowest BCUT2D eigenvalue weighted by Gasteiger charge is -2.41. The molecular formula is C16H16N8. The lowest BCUT2D eigenvalue weighted by molar-refractivity contribution is 0.539. The van der Waals surface area contributed by atoms with E-state index < -0.39 is 0 Å². The number of hydrogen-bond donors (Lipinski definition) is 0. The minimum Gasteiger partial charge on any atom is -0.353 e. The number of fused-ring (bicyclic) bond motifs is 1. The molecule has 0 saturated carbocycles. The molecule has 8 heteroatoms. The Balaban J connectivity index is 1.52. The highest BCUT2D eigenvalue weighted by atomic mass is 15.4. The predicted octanol–water partition coefficient (Wildman–Crippen LogP) is 1.11. The number of anilines is 2. The highest BCUT2D eigenvalue weighted by Gasteiger charge is 2.25. The van der Waals surface area contributed by atoms with Crippen molar-refractivity contribution in [3.8, 4) is 6.07 Å². The molecule has 3 aromatic rings. The van der Waals surface area contributed by atoms with E-state index in [1.54, 1.807) is 23.1 Å². The zero-order valence-corrected chi connectivity index (χ0v) is 13.2. The van der Waals surface area contributed by atoms with Crippen LogP contribution in [0.2, 0.25) is 0 Å². The summed E-state index contributed by atoms with van der Waals surface area (Å²) in [5.74, 6) is 1.82. The number of rotatable bonds is 2. The maximum atomic E-state index is 8.87. The van der Waals surface area contributed by atoms with Crippen LogP contribution >= 0.6 is 0 Å². The van der Waals surface area contributed by atoms with Crippen molar-refractivity contribution in [1.82, 2.24) is 24.8 Å². The van der Waals surface area contributed by atoms with Crippen LogP contribution < -0.4 is 9.80 Å². The largest absolute Gasteiger partial charge is 0.353 e. The molecule has 120 valence electrons. The van der Waals surface area contributed by atoms with Crippen molar-refractivity contribution in [2.75, 3.05) is 29.4 Å².